The minimum atomic E-state index is -3.22. The summed E-state index contributed by atoms with van der Waals surface area (Å²) in [5.74, 6) is 0.172. The predicted molar refractivity (Wildman–Crippen MR) is 81.6 cm³/mol. The average Bonchev–Trinajstić information content (AvgIpc) is 2.99. The lowest BCUT2D eigenvalue weighted by Crippen LogP contribution is -2.29. The van der Waals surface area contributed by atoms with Gasteiger partial charge in [-0.15, -0.1) is 0 Å². The van der Waals surface area contributed by atoms with E-state index in [2.05, 4.69) is 14.8 Å². The molecule has 0 bridgehead atoms. The zero-order valence-electron chi connectivity index (χ0n) is 12.2. The van der Waals surface area contributed by atoms with E-state index in [1.54, 1.807) is 11.0 Å². The second-order valence-corrected chi connectivity index (χ2v) is 6.82. The van der Waals surface area contributed by atoms with E-state index in [9.17, 15) is 8.42 Å². The molecule has 0 aliphatic rings. The minimum absolute atomic E-state index is 0.172. The van der Waals surface area contributed by atoms with Gasteiger partial charge >= 0.3 is 0 Å². The first-order valence-corrected chi connectivity index (χ1v) is 8.62. The number of sulfonamides is 1. The van der Waals surface area contributed by atoms with E-state index >= 15 is 0 Å². The second kappa shape index (κ2) is 6.82. The summed E-state index contributed by atoms with van der Waals surface area (Å²) in [6.07, 6.45) is 4.62. The molecule has 2 aromatic rings. The number of hydrogen-bond donors (Lipinski definition) is 1. The molecule has 0 fully saturated rings. The lowest BCUT2D eigenvalue weighted by Gasteiger charge is -2.15. The zero-order valence-corrected chi connectivity index (χ0v) is 13.0. The summed E-state index contributed by atoms with van der Waals surface area (Å²) in [6, 6.07) is 7.31. The third-order valence-corrected chi connectivity index (χ3v) is 4.74. The van der Waals surface area contributed by atoms with Crippen molar-refractivity contribution in [3.63, 3.8) is 0 Å². The molecule has 1 aromatic heterocycles. The van der Waals surface area contributed by atoms with E-state index in [-0.39, 0.29) is 11.8 Å². The van der Waals surface area contributed by atoms with Gasteiger partial charge in [-0.1, -0.05) is 25.5 Å². The van der Waals surface area contributed by atoms with Crippen molar-refractivity contribution in [2.24, 2.45) is 0 Å². The molecule has 6 nitrogen and oxygen atoms in total. The lowest BCUT2D eigenvalue weighted by molar-refractivity contribution is 0.564. The molecule has 21 heavy (non-hydrogen) atoms. The van der Waals surface area contributed by atoms with E-state index in [1.807, 2.05) is 38.1 Å². The first-order valence-electron chi connectivity index (χ1n) is 6.97. The van der Waals surface area contributed by atoms with Crippen LogP contribution in [0, 0.1) is 0 Å². The molecule has 7 heteroatoms. The maximum atomic E-state index is 11.9. The summed E-state index contributed by atoms with van der Waals surface area (Å²) in [4.78, 5) is 3.89. The summed E-state index contributed by atoms with van der Waals surface area (Å²) in [6.45, 7) is 3.82. The molecule has 1 atom stereocenters. The van der Waals surface area contributed by atoms with Crippen molar-refractivity contribution in [1.82, 2.24) is 19.5 Å². The molecule has 1 unspecified atom stereocenters. The van der Waals surface area contributed by atoms with Crippen molar-refractivity contribution in [3.05, 3.63) is 42.5 Å². The lowest BCUT2D eigenvalue weighted by atomic mass is 10.1. The van der Waals surface area contributed by atoms with E-state index in [4.69, 9.17) is 0 Å². The van der Waals surface area contributed by atoms with Gasteiger partial charge in [0.05, 0.1) is 11.4 Å². The molecule has 0 aliphatic carbocycles. The van der Waals surface area contributed by atoms with Gasteiger partial charge in [0.2, 0.25) is 10.0 Å². The van der Waals surface area contributed by atoms with E-state index in [0.29, 0.717) is 6.42 Å². The highest BCUT2D eigenvalue weighted by Crippen LogP contribution is 2.16. The number of benzene rings is 1. The van der Waals surface area contributed by atoms with Gasteiger partial charge < -0.3 is 0 Å². The van der Waals surface area contributed by atoms with E-state index < -0.39 is 10.0 Å². The molecule has 0 saturated carbocycles. The monoisotopic (exact) mass is 308 g/mol. The van der Waals surface area contributed by atoms with Crippen molar-refractivity contribution < 1.29 is 8.42 Å². The Hall–Kier alpha value is -1.73. The predicted octanol–water partition coefficient (Wildman–Crippen LogP) is 2.05. The van der Waals surface area contributed by atoms with Gasteiger partial charge in [0.25, 0.3) is 0 Å². The first kappa shape index (κ1) is 15.7. The van der Waals surface area contributed by atoms with Crippen LogP contribution in [0.25, 0.3) is 5.69 Å². The van der Waals surface area contributed by atoms with Crippen LogP contribution in [-0.4, -0.2) is 28.9 Å². The molecule has 1 heterocycles. The third-order valence-electron chi connectivity index (χ3n) is 3.20. The molecule has 0 amide bonds. The van der Waals surface area contributed by atoms with Crippen LogP contribution in [0.2, 0.25) is 0 Å². The number of rotatable bonds is 7. The van der Waals surface area contributed by atoms with E-state index in [0.717, 1.165) is 17.7 Å². The van der Waals surface area contributed by atoms with Crippen molar-refractivity contribution in [2.45, 2.75) is 32.7 Å². The number of unbranched alkanes of at least 4 members (excludes halogenated alkanes) is 1. The molecule has 2 rings (SSSR count). The van der Waals surface area contributed by atoms with Crippen LogP contribution in [0.15, 0.2) is 36.9 Å². The number of aromatic nitrogens is 3. The number of hydrogen-bond acceptors (Lipinski definition) is 4. The molecule has 0 aliphatic heterocycles. The SMILES string of the molecule is CCCCS(=O)(=O)NC(C)c1ccc(-n2cncn2)cc1. The molecule has 1 N–H and O–H groups in total. The fourth-order valence-electron chi connectivity index (χ4n) is 1.99. The Morgan fingerprint density at radius 1 is 1.29 bits per heavy atom. The highest BCUT2D eigenvalue weighted by Gasteiger charge is 2.15. The van der Waals surface area contributed by atoms with Crippen molar-refractivity contribution in [1.29, 1.82) is 0 Å². The van der Waals surface area contributed by atoms with Crippen LogP contribution in [-0.2, 0) is 10.0 Å². The summed E-state index contributed by atoms with van der Waals surface area (Å²) in [5, 5.41) is 4.05. The van der Waals surface area contributed by atoms with Crippen LogP contribution in [0.5, 0.6) is 0 Å². The maximum absolute atomic E-state index is 11.9. The standard InChI is InChI=1S/C14H20N4O2S/c1-3-4-9-21(19,20)17-12(2)13-5-7-14(8-6-13)18-11-15-10-16-18/h5-8,10-12,17H,3-4,9H2,1-2H3. The molecule has 0 saturated heterocycles. The Bertz CT molecular complexity index is 651. The second-order valence-electron chi connectivity index (χ2n) is 4.94. The van der Waals surface area contributed by atoms with Gasteiger partial charge in [0.15, 0.2) is 0 Å². The van der Waals surface area contributed by atoms with Crippen LogP contribution >= 0.6 is 0 Å². The summed E-state index contributed by atoms with van der Waals surface area (Å²) >= 11 is 0. The largest absolute Gasteiger partial charge is 0.223 e. The van der Waals surface area contributed by atoms with Crippen molar-refractivity contribution in [2.75, 3.05) is 5.75 Å². The summed E-state index contributed by atoms with van der Waals surface area (Å²) < 4.78 is 28.1. The van der Waals surface area contributed by atoms with Crippen LogP contribution in [0.3, 0.4) is 0 Å². The summed E-state index contributed by atoms with van der Waals surface area (Å²) in [5.41, 5.74) is 1.80. The van der Waals surface area contributed by atoms with Gasteiger partial charge in [-0.2, -0.15) is 5.10 Å². The Labute approximate surface area is 125 Å². The highest BCUT2D eigenvalue weighted by atomic mass is 32.2. The zero-order chi connectivity index (χ0) is 15.3. The van der Waals surface area contributed by atoms with Gasteiger partial charge in [0.1, 0.15) is 12.7 Å². The maximum Gasteiger partial charge on any atom is 0.212 e. The van der Waals surface area contributed by atoms with Gasteiger partial charge in [0, 0.05) is 6.04 Å². The molecule has 114 valence electrons. The molecular formula is C14H20N4O2S. The van der Waals surface area contributed by atoms with Crippen LogP contribution in [0.1, 0.15) is 38.3 Å². The average molecular weight is 308 g/mol. The smallest absolute Gasteiger partial charge is 0.212 e. The highest BCUT2D eigenvalue weighted by molar-refractivity contribution is 7.89. The molecule has 0 radical (unpaired) electrons. The minimum Gasteiger partial charge on any atom is -0.223 e. The normalized spacial score (nSPS) is 13.2. The van der Waals surface area contributed by atoms with Gasteiger partial charge in [-0.25, -0.2) is 22.8 Å². The molecular weight excluding hydrogens is 288 g/mol. The van der Waals surface area contributed by atoms with E-state index in [1.165, 1.54) is 6.33 Å². The first-order chi connectivity index (χ1) is 10.0. The quantitative estimate of drug-likeness (QED) is 0.849. The summed E-state index contributed by atoms with van der Waals surface area (Å²) in [7, 11) is -3.22. The van der Waals surface area contributed by atoms with Gasteiger partial charge in [-0.3, -0.25) is 0 Å². The Kier molecular flexibility index (Phi) is 5.08. The van der Waals surface area contributed by atoms with Crippen molar-refractivity contribution >= 4 is 10.0 Å². The van der Waals surface area contributed by atoms with Crippen LogP contribution in [0.4, 0.5) is 0 Å². The number of nitrogens with one attached hydrogen (secondary N) is 1. The Balaban J connectivity index is 2.05. The molecule has 1 aromatic carbocycles. The van der Waals surface area contributed by atoms with Crippen LogP contribution < -0.4 is 4.72 Å². The Morgan fingerprint density at radius 3 is 2.57 bits per heavy atom. The topological polar surface area (TPSA) is 76.9 Å². The molecule has 0 spiro atoms. The Morgan fingerprint density at radius 2 is 2.00 bits per heavy atom. The number of nitrogens with zero attached hydrogens (tertiary/aromatic N) is 3. The fraction of sp³-hybridized carbons (Fsp3) is 0.429. The van der Waals surface area contributed by atoms with Crippen molar-refractivity contribution in [3.8, 4) is 5.69 Å². The fourth-order valence-corrected chi connectivity index (χ4v) is 3.45. The third kappa shape index (κ3) is 4.37. The van der Waals surface area contributed by atoms with Gasteiger partial charge in [-0.05, 0) is 31.0 Å².